The zero-order valence-electron chi connectivity index (χ0n) is 20.5. The summed E-state index contributed by atoms with van der Waals surface area (Å²) >= 11 is 0. The van der Waals surface area contributed by atoms with Gasteiger partial charge in [0.15, 0.2) is 0 Å². The van der Waals surface area contributed by atoms with E-state index >= 15 is 0 Å². The second kappa shape index (κ2) is 9.62. The number of hydrogen-bond acceptors (Lipinski definition) is 6. The van der Waals surface area contributed by atoms with Gasteiger partial charge in [-0.15, -0.1) is 0 Å². The maximum atomic E-state index is 13.2. The summed E-state index contributed by atoms with van der Waals surface area (Å²) in [6.07, 6.45) is 1.55. The molecule has 0 radical (unpaired) electrons. The second-order valence-electron chi connectivity index (χ2n) is 10.2. The van der Waals surface area contributed by atoms with E-state index in [1.165, 1.54) is 28.2 Å². The van der Waals surface area contributed by atoms with Crippen LogP contribution in [-0.4, -0.2) is 49.6 Å². The quantitative estimate of drug-likeness (QED) is 0.617. The molecule has 2 amide bonds. The van der Waals surface area contributed by atoms with Crippen LogP contribution in [0, 0.1) is 6.92 Å². The zero-order chi connectivity index (χ0) is 25.4. The van der Waals surface area contributed by atoms with E-state index in [2.05, 4.69) is 5.32 Å². The Labute approximate surface area is 206 Å². The summed E-state index contributed by atoms with van der Waals surface area (Å²) < 4.78 is 36.6. The number of carbonyl (C=O) groups excluding carboxylic acids is 2. The molecule has 0 bridgehead atoms. The Morgan fingerprint density at radius 2 is 1.71 bits per heavy atom. The van der Waals surface area contributed by atoms with Crippen molar-refractivity contribution in [2.75, 3.05) is 11.9 Å². The van der Waals surface area contributed by atoms with Crippen LogP contribution in [0.15, 0.2) is 47.4 Å². The maximum Gasteiger partial charge on any atom is 0.411 e. The van der Waals surface area contributed by atoms with E-state index in [1.54, 1.807) is 32.9 Å². The first-order valence-corrected chi connectivity index (χ1v) is 13.2. The van der Waals surface area contributed by atoms with Gasteiger partial charge in [0.05, 0.1) is 17.5 Å². The number of nitrogens with one attached hydrogen (secondary N) is 1. The molecule has 1 aliphatic heterocycles. The molecule has 0 spiro atoms. The van der Waals surface area contributed by atoms with Gasteiger partial charge in [-0.2, -0.15) is 8.42 Å². The molecule has 188 valence electrons. The predicted octanol–water partition coefficient (Wildman–Crippen LogP) is 4.21. The Hall–Kier alpha value is -2.91. The number of hydrogen-bond donors (Lipinski definition) is 1. The van der Waals surface area contributed by atoms with Crippen LogP contribution in [0.2, 0.25) is 0 Å². The second-order valence-corrected chi connectivity index (χ2v) is 11.8. The lowest BCUT2D eigenvalue weighted by Crippen LogP contribution is -2.45. The zero-order valence-corrected chi connectivity index (χ0v) is 21.4. The van der Waals surface area contributed by atoms with Crippen molar-refractivity contribution in [1.29, 1.82) is 0 Å². The lowest BCUT2D eigenvalue weighted by molar-refractivity contribution is -0.120. The first kappa shape index (κ1) is 25.2. The Balaban J connectivity index is 1.52. The predicted molar refractivity (Wildman–Crippen MR) is 132 cm³/mol. The third-order valence-electron chi connectivity index (χ3n) is 6.13. The average Bonchev–Trinajstić information content (AvgIpc) is 3.39. The molecule has 1 N–H and O–H groups in total. The molecule has 1 unspecified atom stereocenters. The lowest BCUT2D eigenvalue weighted by atomic mass is 10.1. The van der Waals surface area contributed by atoms with Crippen molar-refractivity contribution < 1.29 is 26.9 Å². The number of carbonyl (C=O) groups is 2. The largest absolute Gasteiger partial charge is 0.444 e. The molecule has 1 aliphatic carbocycles. The molecule has 1 fully saturated rings. The number of likely N-dealkylation sites (tertiary alicyclic amines) is 1. The van der Waals surface area contributed by atoms with Crippen LogP contribution in [0.4, 0.5) is 10.5 Å². The molecule has 4 rings (SSSR count). The number of fused-ring (bicyclic) bond motifs is 1. The minimum Gasteiger partial charge on any atom is -0.444 e. The number of rotatable bonds is 5. The molecule has 2 aliphatic rings. The van der Waals surface area contributed by atoms with Crippen LogP contribution in [-0.2, 0) is 36.7 Å². The molecule has 8 nitrogen and oxygen atoms in total. The van der Waals surface area contributed by atoms with E-state index in [4.69, 9.17) is 8.92 Å². The third kappa shape index (κ3) is 6.02. The Morgan fingerprint density at radius 1 is 1.03 bits per heavy atom. The van der Waals surface area contributed by atoms with Gasteiger partial charge in [-0.05, 0) is 82.3 Å². The number of nitrogens with zero attached hydrogens (tertiary/aromatic N) is 1. The highest BCUT2D eigenvalue weighted by molar-refractivity contribution is 7.86. The summed E-state index contributed by atoms with van der Waals surface area (Å²) in [5, 5.41) is 2.89. The van der Waals surface area contributed by atoms with Gasteiger partial charge in [0, 0.05) is 12.1 Å². The fraction of sp³-hybridized carbons (Fsp3) is 0.462. The smallest absolute Gasteiger partial charge is 0.411 e. The topological polar surface area (TPSA) is 102 Å². The first-order valence-electron chi connectivity index (χ1n) is 11.8. The highest BCUT2D eigenvalue weighted by Crippen LogP contribution is 2.29. The first-order chi connectivity index (χ1) is 16.4. The molecule has 1 heterocycles. The van der Waals surface area contributed by atoms with Gasteiger partial charge in [0.25, 0.3) is 10.1 Å². The molecule has 0 aromatic heterocycles. The van der Waals surface area contributed by atoms with Crippen molar-refractivity contribution in [3.63, 3.8) is 0 Å². The molecule has 0 saturated carbocycles. The molecule has 2 aromatic carbocycles. The van der Waals surface area contributed by atoms with Crippen LogP contribution in [0.25, 0.3) is 0 Å². The van der Waals surface area contributed by atoms with Crippen molar-refractivity contribution in [3.8, 4) is 0 Å². The summed E-state index contributed by atoms with van der Waals surface area (Å²) in [5.41, 5.74) is 3.30. The Kier molecular flexibility index (Phi) is 6.92. The van der Waals surface area contributed by atoms with Crippen molar-refractivity contribution in [2.24, 2.45) is 0 Å². The summed E-state index contributed by atoms with van der Waals surface area (Å²) in [6, 6.07) is 11.2. The molecule has 2 atom stereocenters. The van der Waals surface area contributed by atoms with Gasteiger partial charge < -0.3 is 10.1 Å². The Bertz CT molecular complexity index is 1220. The van der Waals surface area contributed by atoms with Gasteiger partial charge in [-0.1, -0.05) is 23.8 Å². The SMILES string of the molecule is Cc1ccc(S(=O)(=O)OC2C[C@@H](C(=O)Nc3ccc4c(c3)CCC4)N(C(=O)OC(C)(C)C)C2)cc1. The molecular weight excluding hydrogens is 468 g/mol. The van der Waals surface area contributed by atoms with E-state index in [-0.39, 0.29) is 17.9 Å². The van der Waals surface area contributed by atoms with Gasteiger partial charge in [-0.3, -0.25) is 13.9 Å². The van der Waals surface area contributed by atoms with Gasteiger partial charge >= 0.3 is 6.09 Å². The molecule has 9 heteroatoms. The van der Waals surface area contributed by atoms with Crippen LogP contribution in [0.5, 0.6) is 0 Å². The minimum atomic E-state index is -4.07. The van der Waals surface area contributed by atoms with E-state index < -0.39 is 39.9 Å². The van der Waals surface area contributed by atoms with Gasteiger partial charge in [0.2, 0.25) is 5.91 Å². The van der Waals surface area contributed by atoms with Crippen molar-refractivity contribution in [2.45, 2.75) is 76.0 Å². The standard InChI is InChI=1S/C26H32N2O6S/c1-17-8-12-22(13-9-17)35(31,32)34-21-15-23(28(16-21)25(30)33-26(2,3)4)24(29)27-20-11-10-18-6-5-7-19(18)14-20/h8-14,21,23H,5-7,15-16H2,1-4H3,(H,27,29)/t21?,23-/m0/s1. The van der Waals surface area contributed by atoms with E-state index in [1.807, 2.05) is 25.1 Å². The van der Waals surface area contributed by atoms with E-state index in [0.29, 0.717) is 5.69 Å². The van der Waals surface area contributed by atoms with Crippen molar-refractivity contribution >= 4 is 27.8 Å². The number of amides is 2. The molecule has 1 saturated heterocycles. The molecule has 35 heavy (non-hydrogen) atoms. The fourth-order valence-corrected chi connectivity index (χ4v) is 5.53. The number of ether oxygens (including phenoxy) is 1. The van der Waals surface area contributed by atoms with Gasteiger partial charge in [0.1, 0.15) is 11.6 Å². The van der Waals surface area contributed by atoms with E-state index in [0.717, 1.165) is 24.8 Å². The lowest BCUT2D eigenvalue weighted by Gasteiger charge is -2.27. The highest BCUT2D eigenvalue weighted by Gasteiger charge is 2.44. The van der Waals surface area contributed by atoms with Crippen LogP contribution < -0.4 is 5.32 Å². The highest BCUT2D eigenvalue weighted by atomic mass is 32.2. The third-order valence-corrected chi connectivity index (χ3v) is 7.51. The van der Waals surface area contributed by atoms with Crippen molar-refractivity contribution in [1.82, 2.24) is 4.90 Å². The van der Waals surface area contributed by atoms with Crippen molar-refractivity contribution in [3.05, 3.63) is 59.2 Å². The van der Waals surface area contributed by atoms with Crippen LogP contribution in [0.1, 0.15) is 50.3 Å². The molecule has 2 aromatic rings. The summed E-state index contributed by atoms with van der Waals surface area (Å²) in [7, 11) is -4.07. The minimum absolute atomic E-state index is 0.0259. The fourth-order valence-electron chi connectivity index (χ4n) is 4.45. The maximum absolute atomic E-state index is 13.2. The average molecular weight is 501 g/mol. The normalized spacial score (nSPS) is 19.9. The summed E-state index contributed by atoms with van der Waals surface area (Å²) in [6.45, 7) is 6.97. The van der Waals surface area contributed by atoms with Gasteiger partial charge in [-0.25, -0.2) is 4.79 Å². The molecular formula is C26H32N2O6S. The van der Waals surface area contributed by atoms with Crippen LogP contribution in [0.3, 0.4) is 0 Å². The number of aryl methyl sites for hydroxylation is 3. The number of anilines is 1. The summed E-state index contributed by atoms with van der Waals surface area (Å²) in [5.74, 6) is -0.410. The number of benzene rings is 2. The monoisotopic (exact) mass is 500 g/mol. The Morgan fingerprint density at radius 3 is 2.40 bits per heavy atom. The van der Waals surface area contributed by atoms with Crippen LogP contribution >= 0.6 is 0 Å². The van der Waals surface area contributed by atoms with E-state index in [9.17, 15) is 18.0 Å². The summed E-state index contributed by atoms with van der Waals surface area (Å²) in [4.78, 5) is 27.4.